The third-order valence-corrected chi connectivity index (χ3v) is 6.89. The normalized spacial score (nSPS) is 24.2. The van der Waals surface area contributed by atoms with Gasteiger partial charge in [0.1, 0.15) is 5.82 Å². The van der Waals surface area contributed by atoms with E-state index in [1.54, 1.807) is 12.1 Å². The number of rotatable bonds is 4. The van der Waals surface area contributed by atoms with Gasteiger partial charge in [0.15, 0.2) is 9.84 Å². The maximum absolute atomic E-state index is 13.0. The van der Waals surface area contributed by atoms with Crippen molar-refractivity contribution in [1.29, 1.82) is 0 Å². The molecule has 1 amide bonds. The summed E-state index contributed by atoms with van der Waals surface area (Å²) in [7, 11) is -2.93. The first kappa shape index (κ1) is 18.3. The Morgan fingerprint density at radius 2 is 1.88 bits per heavy atom. The van der Waals surface area contributed by atoms with Crippen LogP contribution in [0.1, 0.15) is 24.8 Å². The fraction of sp³-hybridized carbons (Fsp3) is 0.611. The summed E-state index contributed by atoms with van der Waals surface area (Å²) in [4.78, 5) is 16.6. The number of benzene rings is 1. The molecule has 1 aromatic rings. The van der Waals surface area contributed by atoms with Gasteiger partial charge < -0.3 is 4.90 Å². The van der Waals surface area contributed by atoms with Crippen molar-refractivity contribution < 1.29 is 17.6 Å². The Morgan fingerprint density at radius 1 is 1.12 bits per heavy atom. The van der Waals surface area contributed by atoms with Crippen molar-refractivity contribution in [3.8, 4) is 0 Å². The lowest BCUT2D eigenvalue weighted by atomic mass is 10.0. The van der Waals surface area contributed by atoms with E-state index in [4.69, 9.17) is 0 Å². The first-order valence-electron chi connectivity index (χ1n) is 8.86. The molecule has 1 atom stereocenters. The maximum atomic E-state index is 13.0. The third-order valence-electron chi connectivity index (χ3n) is 5.05. The van der Waals surface area contributed by atoms with Crippen molar-refractivity contribution in [1.82, 2.24) is 9.80 Å². The van der Waals surface area contributed by atoms with Crippen LogP contribution in [0.3, 0.4) is 0 Å². The van der Waals surface area contributed by atoms with E-state index in [1.165, 1.54) is 12.1 Å². The van der Waals surface area contributed by atoms with Gasteiger partial charge >= 0.3 is 0 Å². The van der Waals surface area contributed by atoms with Gasteiger partial charge in [-0.15, -0.1) is 0 Å². The van der Waals surface area contributed by atoms with Crippen molar-refractivity contribution in [2.24, 2.45) is 5.92 Å². The maximum Gasteiger partial charge on any atom is 0.222 e. The molecule has 3 rings (SSSR count). The Hall–Kier alpha value is -1.47. The zero-order chi connectivity index (χ0) is 17.9. The number of sulfone groups is 1. The molecule has 0 unspecified atom stereocenters. The molecule has 0 radical (unpaired) electrons. The predicted octanol–water partition coefficient (Wildman–Crippen LogP) is 1.68. The third kappa shape index (κ3) is 5.25. The lowest BCUT2D eigenvalue weighted by Gasteiger charge is -2.23. The van der Waals surface area contributed by atoms with Crippen LogP contribution in [0.2, 0.25) is 0 Å². The number of amides is 1. The molecule has 138 valence electrons. The SMILES string of the molecule is O=C(C[C@@H]1CCS(=O)(=O)C1)N1CCCN(Cc2ccc(F)cc2)CC1. The molecule has 7 heteroatoms. The van der Waals surface area contributed by atoms with Gasteiger partial charge in [-0.25, -0.2) is 12.8 Å². The fourth-order valence-corrected chi connectivity index (χ4v) is 5.50. The van der Waals surface area contributed by atoms with Crippen LogP contribution in [0, 0.1) is 11.7 Å². The zero-order valence-corrected chi connectivity index (χ0v) is 15.2. The van der Waals surface area contributed by atoms with Crippen molar-refractivity contribution >= 4 is 15.7 Å². The average molecular weight is 368 g/mol. The molecule has 5 nitrogen and oxygen atoms in total. The molecule has 1 aromatic carbocycles. The standard InChI is InChI=1S/C18H25FN2O3S/c19-17-4-2-15(3-5-17)13-20-7-1-8-21(10-9-20)18(22)12-16-6-11-25(23,24)14-16/h2-5,16H,1,6-14H2/t16-/m0/s1. The topological polar surface area (TPSA) is 57.7 Å². The zero-order valence-electron chi connectivity index (χ0n) is 14.4. The highest BCUT2D eigenvalue weighted by atomic mass is 32.2. The number of halogens is 1. The van der Waals surface area contributed by atoms with Crippen LogP contribution in [0.25, 0.3) is 0 Å². The molecule has 2 heterocycles. The van der Waals surface area contributed by atoms with E-state index in [1.807, 2.05) is 4.90 Å². The van der Waals surface area contributed by atoms with E-state index in [0.717, 1.165) is 38.2 Å². The van der Waals surface area contributed by atoms with Crippen molar-refractivity contribution in [3.05, 3.63) is 35.6 Å². The monoisotopic (exact) mass is 368 g/mol. The molecule has 2 aliphatic heterocycles. The first-order valence-corrected chi connectivity index (χ1v) is 10.7. The highest BCUT2D eigenvalue weighted by Crippen LogP contribution is 2.22. The predicted molar refractivity (Wildman–Crippen MR) is 94.3 cm³/mol. The Balaban J connectivity index is 1.49. The van der Waals surface area contributed by atoms with Gasteiger partial charge in [-0.3, -0.25) is 9.69 Å². The minimum Gasteiger partial charge on any atom is -0.341 e. The van der Waals surface area contributed by atoms with E-state index in [-0.39, 0.29) is 29.1 Å². The largest absolute Gasteiger partial charge is 0.341 e. The van der Waals surface area contributed by atoms with Crippen LogP contribution in [-0.2, 0) is 21.2 Å². The summed E-state index contributed by atoms with van der Waals surface area (Å²) >= 11 is 0. The molecular formula is C18H25FN2O3S. The summed E-state index contributed by atoms with van der Waals surface area (Å²) in [6.45, 7) is 3.83. The molecule has 0 bridgehead atoms. The lowest BCUT2D eigenvalue weighted by molar-refractivity contribution is -0.131. The van der Waals surface area contributed by atoms with Crippen LogP contribution in [0.5, 0.6) is 0 Å². The van der Waals surface area contributed by atoms with E-state index in [9.17, 15) is 17.6 Å². The molecule has 0 saturated carbocycles. The first-order chi connectivity index (χ1) is 11.9. The van der Waals surface area contributed by atoms with Crippen molar-refractivity contribution in [2.75, 3.05) is 37.7 Å². The molecular weight excluding hydrogens is 343 g/mol. The van der Waals surface area contributed by atoms with Gasteiger partial charge in [0.2, 0.25) is 5.91 Å². The second-order valence-electron chi connectivity index (χ2n) is 7.11. The van der Waals surface area contributed by atoms with Gasteiger partial charge in [0, 0.05) is 39.1 Å². The summed E-state index contributed by atoms with van der Waals surface area (Å²) in [5, 5.41) is 0. The quantitative estimate of drug-likeness (QED) is 0.811. The second kappa shape index (κ2) is 7.83. The van der Waals surface area contributed by atoms with Crippen LogP contribution in [-0.4, -0.2) is 61.8 Å². The van der Waals surface area contributed by atoms with Crippen LogP contribution < -0.4 is 0 Å². The summed E-state index contributed by atoms with van der Waals surface area (Å²) in [5.74, 6) is 0.201. The smallest absolute Gasteiger partial charge is 0.222 e. The highest BCUT2D eigenvalue weighted by Gasteiger charge is 2.31. The minimum absolute atomic E-state index is 0.0175. The van der Waals surface area contributed by atoms with Gasteiger partial charge in [-0.1, -0.05) is 12.1 Å². The number of carbonyl (C=O) groups excluding carboxylic acids is 1. The van der Waals surface area contributed by atoms with E-state index < -0.39 is 9.84 Å². The Bertz CT molecular complexity index is 706. The fourth-order valence-electron chi connectivity index (χ4n) is 3.64. The van der Waals surface area contributed by atoms with E-state index in [0.29, 0.717) is 19.4 Å². The van der Waals surface area contributed by atoms with Gasteiger partial charge in [-0.2, -0.15) is 0 Å². The average Bonchev–Trinajstić information content (AvgIpc) is 2.77. The van der Waals surface area contributed by atoms with Crippen molar-refractivity contribution in [2.45, 2.75) is 25.8 Å². The highest BCUT2D eigenvalue weighted by molar-refractivity contribution is 7.91. The van der Waals surface area contributed by atoms with Crippen LogP contribution >= 0.6 is 0 Å². The van der Waals surface area contributed by atoms with Crippen molar-refractivity contribution in [3.63, 3.8) is 0 Å². The second-order valence-corrected chi connectivity index (χ2v) is 9.34. The number of nitrogens with zero attached hydrogens (tertiary/aromatic N) is 2. The van der Waals surface area contributed by atoms with E-state index in [2.05, 4.69) is 4.90 Å². The number of hydrogen-bond acceptors (Lipinski definition) is 4. The molecule has 2 fully saturated rings. The molecule has 2 aliphatic rings. The van der Waals surface area contributed by atoms with E-state index >= 15 is 0 Å². The van der Waals surface area contributed by atoms with Gasteiger partial charge in [0.25, 0.3) is 0 Å². The summed E-state index contributed by atoms with van der Waals surface area (Å²) in [6, 6.07) is 6.53. The van der Waals surface area contributed by atoms with Crippen LogP contribution in [0.4, 0.5) is 4.39 Å². The number of carbonyl (C=O) groups is 1. The molecule has 0 N–H and O–H groups in total. The molecule has 0 spiro atoms. The molecule has 25 heavy (non-hydrogen) atoms. The Morgan fingerprint density at radius 3 is 2.56 bits per heavy atom. The summed E-state index contributed by atoms with van der Waals surface area (Å²) in [5.41, 5.74) is 1.07. The molecule has 0 aromatic heterocycles. The summed E-state index contributed by atoms with van der Waals surface area (Å²) in [6.07, 6.45) is 1.85. The minimum atomic E-state index is -2.93. The van der Waals surface area contributed by atoms with Crippen LogP contribution in [0.15, 0.2) is 24.3 Å². The number of hydrogen-bond donors (Lipinski definition) is 0. The molecule has 2 saturated heterocycles. The Labute approximate surface area is 148 Å². The Kier molecular flexibility index (Phi) is 5.74. The van der Waals surface area contributed by atoms with Gasteiger partial charge in [-0.05, 0) is 36.5 Å². The van der Waals surface area contributed by atoms with Gasteiger partial charge in [0.05, 0.1) is 11.5 Å². The molecule has 0 aliphatic carbocycles. The lowest BCUT2D eigenvalue weighted by Crippen LogP contribution is -2.36. The summed E-state index contributed by atoms with van der Waals surface area (Å²) < 4.78 is 36.1.